The molecule has 2 heterocycles. The molecule has 1 aromatic heterocycles. The van der Waals surface area contributed by atoms with E-state index in [1.54, 1.807) is 6.07 Å². The average molecular weight is 277 g/mol. The highest BCUT2D eigenvalue weighted by Gasteiger charge is 2.23. The van der Waals surface area contributed by atoms with Gasteiger partial charge in [-0.05, 0) is 51.9 Å². The Morgan fingerprint density at radius 3 is 2.75 bits per heavy atom. The molecule has 4 nitrogen and oxygen atoms in total. The third-order valence-electron chi connectivity index (χ3n) is 3.77. The van der Waals surface area contributed by atoms with Crippen molar-refractivity contribution in [3.05, 3.63) is 36.0 Å². The first-order valence-electron chi connectivity index (χ1n) is 7.33. The smallest absolute Gasteiger partial charge is 0.261 e. The van der Waals surface area contributed by atoms with Gasteiger partial charge < -0.3 is 9.15 Å². The Morgan fingerprint density at radius 2 is 2.10 bits per heavy atom. The van der Waals surface area contributed by atoms with Crippen LogP contribution in [0.4, 0.5) is 0 Å². The van der Waals surface area contributed by atoms with Crippen LogP contribution < -0.4 is 0 Å². The van der Waals surface area contributed by atoms with Crippen molar-refractivity contribution in [2.24, 2.45) is 0 Å². The van der Waals surface area contributed by atoms with E-state index in [0.29, 0.717) is 12.4 Å². The lowest BCUT2D eigenvalue weighted by atomic mass is 10.1. The largest absolute Gasteiger partial charge is 0.490 e. The quantitative estimate of drug-likeness (QED) is 0.453. The van der Waals surface area contributed by atoms with E-state index in [-0.39, 0.29) is 17.6 Å². The van der Waals surface area contributed by atoms with Gasteiger partial charge in [0.2, 0.25) is 0 Å². The van der Waals surface area contributed by atoms with Crippen LogP contribution in [-0.4, -0.2) is 30.4 Å². The Balaban J connectivity index is 2.04. The summed E-state index contributed by atoms with van der Waals surface area (Å²) in [7, 11) is 0. The van der Waals surface area contributed by atoms with Crippen LogP contribution in [0.5, 0.6) is 0 Å². The Labute approximate surface area is 120 Å². The van der Waals surface area contributed by atoms with Crippen LogP contribution in [0.2, 0.25) is 0 Å². The zero-order chi connectivity index (χ0) is 14.5. The highest BCUT2D eigenvalue weighted by Crippen LogP contribution is 2.26. The molecule has 0 saturated carbocycles. The summed E-state index contributed by atoms with van der Waals surface area (Å²) in [5.41, 5.74) is 0. The van der Waals surface area contributed by atoms with E-state index in [0.717, 1.165) is 18.8 Å². The van der Waals surface area contributed by atoms with Gasteiger partial charge in [0.05, 0.1) is 12.6 Å². The van der Waals surface area contributed by atoms with Gasteiger partial charge in [-0.25, -0.2) is 0 Å². The number of rotatable bonds is 6. The predicted molar refractivity (Wildman–Crippen MR) is 77.6 cm³/mol. The second-order valence-electron chi connectivity index (χ2n) is 5.16. The lowest BCUT2D eigenvalue weighted by Gasteiger charge is -2.31. The zero-order valence-electron chi connectivity index (χ0n) is 12.4. The first-order chi connectivity index (χ1) is 9.63. The minimum atomic E-state index is -0.274. The Bertz CT molecular complexity index is 472. The number of Topliss-reactive ketones (excluding diaryl/α,β-unsaturated/α-hetero) is 1. The van der Waals surface area contributed by atoms with E-state index in [1.165, 1.54) is 19.3 Å². The SMILES string of the molecule is C=C(OCC)C(=O)c1ccc(C(C)N2CCCCC2)o1. The molecule has 1 aliphatic heterocycles. The minimum Gasteiger partial charge on any atom is -0.490 e. The highest BCUT2D eigenvalue weighted by molar-refractivity contribution is 6.04. The lowest BCUT2D eigenvalue weighted by Crippen LogP contribution is -2.32. The number of hydrogen-bond donors (Lipinski definition) is 0. The molecule has 0 bridgehead atoms. The summed E-state index contributed by atoms with van der Waals surface area (Å²) in [6, 6.07) is 3.80. The molecule has 0 aromatic carbocycles. The molecule has 1 aromatic rings. The highest BCUT2D eigenvalue weighted by atomic mass is 16.5. The van der Waals surface area contributed by atoms with Crippen LogP contribution in [0.15, 0.2) is 28.9 Å². The fourth-order valence-electron chi connectivity index (χ4n) is 2.56. The first kappa shape index (κ1) is 14.9. The molecule has 110 valence electrons. The molecule has 4 heteroatoms. The molecular weight excluding hydrogens is 254 g/mol. The number of nitrogens with zero attached hydrogens (tertiary/aromatic N) is 1. The molecule has 1 atom stereocenters. The third kappa shape index (κ3) is 3.31. The molecule has 1 aliphatic rings. The van der Waals surface area contributed by atoms with Crippen molar-refractivity contribution in [3.8, 4) is 0 Å². The standard InChI is InChI=1S/C16H23NO3/c1-4-19-13(3)16(18)15-9-8-14(20-15)12(2)17-10-6-5-7-11-17/h8-9,12H,3-7,10-11H2,1-2H3. The van der Waals surface area contributed by atoms with E-state index < -0.39 is 0 Å². The topological polar surface area (TPSA) is 42.7 Å². The molecular formula is C16H23NO3. The van der Waals surface area contributed by atoms with Gasteiger partial charge in [0.25, 0.3) is 5.78 Å². The van der Waals surface area contributed by atoms with Crippen LogP contribution in [0, 0.1) is 0 Å². The summed E-state index contributed by atoms with van der Waals surface area (Å²) < 4.78 is 10.8. The summed E-state index contributed by atoms with van der Waals surface area (Å²) >= 11 is 0. The van der Waals surface area contributed by atoms with Crippen molar-refractivity contribution < 1.29 is 13.9 Å². The fourth-order valence-corrected chi connectivity index (χ4v) is 2.56. The first-order valence-corrected chi connectivity index (χ1v) is 7.33. The van der Waals surface area contributed by atoms with Crippen LogP contribution in [-0.2, 0) is 4.74 Å². The Hall–Kier alpha value is -1.55. The fraction of sp³-hybridized carbons (Fsp3) is 0.562. The van der Waals surface area contributed by atoms with Gasteiger partial charge in [0.1, 0.15) is 5.76 Å². The molecule has 1 unspecified atom stereocenters. The second kappa shape index (κ2) is 6.75. The molecule has 2 rings (SSSR count). The number of allylic oxidation sites excluding steroid dienone is 1. The zero-order valence-corrected chi connectivity index (χ0v) is 12.4. The minimum absolute atomic E-state index is 0.138. The van der Waals surface area contributed by atoms with Gasteiger partial charge in [0.15, 0.2) is 11.5 Å². The van der Waals surface area contributed by atoms with Crippen molar-refractivity contribution >= 4 is 5.78 Å². The maximum absolute atomic E-state index is 12.0. The van der Waals surface area contributed by atoms with Crippen molar-refractivity contribution in [2.45, 2.75) is 39.2 Å². The van der Waals surface area contributed by atoms with Crippen LogP contribution >= 0.6 is 0 Å². The van der Waals surface area contributed by atoms with Crippen LogP contribution in [0.3, 0.4) is 0 Å². The van der Waals surface area contributed by atoms with Gasteiger partial charge in [-0.2, -0.15) is 0 Å². The van der Waals surface area contributed by atoms with E-state index in [9.17, 15) is 4.79 Å². The van der Waals surface area contributed by atoms with Gasteiger partial charge in [-0.1, -0.05) is 13.0 Å². The molecule has 20 heavy (non-hydrogen) atoms. The molecule has 1 fully saturated rings. The predicted octanol–water partition coefficient (Wildman–Crippen LogP) is 3.56. The molecule has 0 aliphatic carbocycles. The van der Waals surface area contributed by atoms with Gasteiger partial charge >= 0.3 is 0 Å². The molecule has 0 radical (unpaired) electrons. The molecule has 0 spiro atoms. The number of carbonyl (C=O) groups is 1. The van der Waals surface area contributed by atoms with Crippen LogP contribution in [0.1, 0.15) is 55.5 Å². The van der Waals surface area contributed by atoms with Crippen LogP contribution in [0.25, 0.3) is 0 Å². The number of furan rings is 1. The second-order valence-corrected chi connectivity index (χ2v) is 5.16. The van der Waals surface area contributed by atoms with Crippen molar-refractivity contribution in [1.29, 1.82) is 0 Å². The van der Waals surface area contributed by atoms with E-state index in [2.05, 4.69) is 18.4 Å². The van der Waals surface area contributed by atoms with Gasteiger partial charge in [0, 0.05) is 0 Å². The number of ketones is 1. The lowest BCUT2D eigenvalue weighted by molar-refractivity contribution is 0.0894. The molecule has 0 N–H and O–H groups in total. The monoisotopic (exact) mass is 277 g/mol. The number of likely N-dealkylation sites (tertiary alicyclic amines) is 1. The number of piperidine rings is 1. The van der Waals surface area contributed by atoms with Gasteiger partial charge in [-0.3, -0.25) is 9.69 Å². The summed E-state index contributed by atoms with van der Waals surface area (Å²) in [4.78, 5) is 14.4. The average Bonchev–Trinajstić information content (AvgIpc) is 2.96. The van der Waals surface area contributed by atoms with Crippen molar-refractivity contribution in [2.75, 3.05) is 19.7 Å². The maximum Gasteiger partial charge on any atom is 0.261 e. The van der Waals surface area contributed by atoms with E-state index in [1.807, 2.05) is 13.0 Å². The number of ether oxygens (including phenoxy) is 1. The Morgan fingerprint density at radius 1 is 1.40 bits per heavy atom. The Kier molecular flexibility index (Phi) is 5.01. The van der Waals surface area contributed by atoms with Crippen molar-refractivity contribution in [1.82, 2.24) is 4.90 Å². The maximum atomic E-state index is 12.0. The van der Waals surface area contributed by atoms with Gasteiger partial charge in [-0.15, -0.1) is 0 Å². The number of hydrogen-bond acceptors (Lipinski definition) is 4. The van der Waals surface area contributed by atoms with E-state index >= 15 is 0 Å². The summed E-state index contributed by atoms with van der Waals surface area (Å²) in [5.74, 6) is 1.00. The normalized spacial score (nSPS) is 17.7. The number of carbonyl (C=O) groups excluding carboxylic acids is 1. The van der Waals surface area contributed by atoms with E-state index in [4.69, 9.17) is 9.15 Å². The molecule has 0 amide bonds. The third-order valence-corrected chi connectivity index (χ3v) is 3.77. The van der Waals surface area contributed by atoms with Crippen molar-refractivity contribution in [3.63, 3.8) is 0 Å². The molecule has 1 saturated heterocycles. The summed E-state index contributed by atoms with van der Waals surface area (Å²) in [6.45, 7) is 10.2. The summed E-state index contributed by atoms with van der Waals surface area (Å²) in [5, 5.41) is 0. The summed E-state index contributed by atoms with van der Waals surface area (Å²) in [6.07, 6.45) is 3.77.